The highest BCUT2D eigenvalue weighted by Crippen LogP contribution is 2.23. The summed E-state index contributed by atoms with van der Waals surface area (Å²) >= 11 is 0. The smallest absolute Gasteiger partial charge is 0.165 e. The van der Waals surface area contributed by atoms with E-state index in [2.05, 4.69) is 10.2 Å². The third-order valence-electron chi connectivity index (χ3n) is 2.60. The summed E-state index contributed by atoms with van der Waals surface area (Å²) in [5.74, 6) is -2.64. The fourth-order valence-corrected chi connectivity index (χ4v) is 1.17. The van der Waals surface area contributed by atoms with E-state index >= 15 is 0 Å². The highest BCUT2D eigenvalue weighted by atomic mass is 16.4. The molecule has 2 atom stereocenters. The van der Waals surface area contributed by atoms with Gasteiger partial charge in [-0.05, 0) is 39.5 Å². The molecule has 0 aliphatic heterocycles. The zero-order valence-electron chi connectivity index (χ0n) is 11.3. The van der Waals surface area contributed by atoms with E-state index < -0.39 is 23.0 Å². The number of carbonyl (C=O) groups excluding carboxylic acids is 2. The molecule has 0 spiro atoms. The van der Waals surface area contributed by atoms with E-state index in [9.17, 15) is 19.8 Å². The first-order valence-corrected chi connectivity index (χ1v) is 5.83. The van der Waals surface area contributed by atoms with Crippen LogP contribution in [-0.4, -0.2) is 23.0 Å². The van der Waals surface area contributed by atoms with Gasteiger partial charge in [0.15, 0.2) is 11.1 Å². The van der Waals surface area contributed by atoms with Crippen molar-refractivity contribution in [3.63, 3.8) is 0 Å². The standard InChI is InChI=1S/C12H16N4O4/c1-11(7-13,5-3-9(17)18)15-16-12(2,8-14)6-4-10(19)20/h3-6H2,1-2H3,(H,17,18)(H,19,20)/p-2/t11-,12-/m1/s1. The topological polar surface area (TPSA) is 153 Å². The van der Waals surface area contributed by atoms with Gasteiger partial charge in [0, 0.05) is 11.9 Å². The first-order valence-electron chi connectivity index (χ1n) is 5.83. The minimum Gasteiger partial charge on any atom is -0.550 e. The van der Waals surface area contributed by atoms with Crippen molar-refractivity contribution >= 4 is 11.9 Å². The lowest BCUT2D eigenvalue weighted by Crippen LogP contribution is -2.29. The van der Waals surface area contributed by atoms with E-state index in [0.29, 0.717) is 0 Å². The molecule has 0 fully saturated rings. The molecule has 0 aromatic carbocycles. The summed E-state index contributed by atoms with van der Waals surface area (Å²) in [4.78, 5) is 20.8. The maximum Gasteiger partial charge on any atom is 0.165 e. The maximum absolute atomic E-state index is 10.4. The van der Waals surface area contributed by atoms with Crippen molar-refractivity contribution in [3.05, 3.63) is 0 Å². The van der Waals surface area contributed by atoms with Gasteiger partial charge in [-0.25, -0.2) is 0 Å². The summed E-state index contributed by atoms with van der Waals surface area (Å²) in [7, 11) is 0. The van der Waals surface area contributed by atoms with E-state index in [1.54, 1.807) is 12.1 Å². The van der Waals surface area contributed by atoms with Gasteiger partial charge in [0.1, 0.15) is 0 Å². The van der Waals surface area contributed by atoms with Gasteiger partial charge in [0.25, 0.3) is 0 Å². The number of nitriles is 2. The average Bonchev–Trinajstić information content (AvgIpc) is 2.41. The van der Waals surface area contributed by atoms with Crippen LogP contribution in [0.2, 0.25) is 0 Å². The van der Waals surface area contributed by atoms with Gasteiger partial charge in [-0.3, -0.25) is 0 Å². The summed E-state index contributed by atoms with van der Waals surface area (Å²) in [5.41, 5.74) is -2.81. The van der Waals surface area contributed by atoms with Crippen LogP contribution < -0.4 is 10.2 Å². The van der Waals surface area contributed by atoms with Gasteiger partial charge in [-0.1, -0.05) is 0 Å². The molecular formula is C12H14N4O4-2. The Labute approximate surface area is 116 Å². The van der Waals surface area contributed by atoms with Crippen LogP contribution in [0.3, 0.4) is 0 Å². The largest absolute Gasteiger partial charge is 0.550 e. The number of carboxylic acids is 2. The molecule has 0 aliphatic rings. The molecule has 0 heterocycles. The maximum atomic E-state index is 10.4. The van der Waals surface area contributed by atoms with E-state index in [-0.39, 0.29) is 25.7 Å². The van der Waals surface area contributed by atoms with E-state index in [4.69, 9.17) is 10.5 Å². The van der Waals surface area contributed by atoms with Gasteiger partial charge >= 0.3 is 0 Å². The summed E-state index contributed by atoms with van der Waals surface area (Å²) in [6.07, 6.45) is -0.967. The van der Waals surface area contributed by atoms with Crippen LogP contribution in [0, 0.1) is 22.7 Å². The molecule has 0 rings (SSSR count). The third-order valence-corrected chi connectivity index (χ3v) is 2.60. The number of hydrogen-bond acceptors (Lipinski definition) is 8. The molecule has 108 valence electrons. The predicted octanol–water partition coefficient (Wildman–Crippen LogP) is -0.937. The van der Waals surface area contributed by atoms with Crippen LogP contribution in [0.25, 0.3) is 0 Å². The lowest BCUT2D eigenvalue weighted by molar-refractivity contribution is -0.307. The van der Waals surface area contributed by atoms with Crippen molar-refractivity contribution in [2.45, 2.75) is 50.6 Å². The van der Waals surface area contributed by atoms with E-state index in [0.717, 1.165) is 0 Å². The number of carbonyl (C=O) groups is 2. The second-order valence-electron chi connectivity index (χ2n) is 4.72. The minimum atomic E-state index is -1.40. The third kappa shape index (κ3) is 6.45. The predicted molar refractivity (Wildman–Crippen MR) is 61.4 cm³/mol. The number of carboxylic acid groups (broad SMARTS) is 2. The molecule has 0 unspecified atom stereocenters. The van der Waals surface area contributed by atoms with Crippen LogP contribution in [-0.2, 0) is 9.59 Å². The molecule has 20 heavy (non-hydrogen) atoms. The lowest BCUT2D eigenvalue weighted by Gasteiger charge is -2.19. The molecule has 8 nitrogen and oxygen atoms in total. The number of azo groups is 1. The minimum absolute atomic E-state index is 0.114. The van der Waals surface area contributed by atoms with Crippen LogP contribution in [0.5, 0.6) is 0 Å². The Morgan fingerprint density at radius 1 is 0.950 bits per heavy atom. The van der Waals surface area contributed by atoms with Gasteiger partial charge in [0.2, 0.25) is 0 Å². The van der Waals surface area contributed by atoms with E-state index in [1.165, 1.54) is 13.8 Å². The van der Waals surface area contributed by atoms with Crippen LogP contribution in [0.1, 0.15) is 39.5 Å². The average molecular weight is 278 g/mol. The number of aliphatic carboxylic acids is 2. The Hall–Kier alpha value is -2.48. The van der Waals surface area contributed by atoms with Crippen molar-refractivity contribution in [1.29, 1.82) is 10.5 Å². The van der Waals surface area contributed by atoms with Crippen molar-refractivity contribution in [1.82, 2.24) is 0 Å². The van der Waals surface area contributed by atoms with Gasteiger partial charge in [-0.15, -0.1) is 0 Å². The molecule has 0 bridgehead atoms. The number of hydrogen-bond donors (Lipinski definition) is 0. The van der Waals surface area contributed by atoms with Crippen molar-refractivity contribution in [2.24, 2.45) is 10.2 Å². The van der Waals surface area contributed by atoms with Crippen molar-refractivity contribution < 1.29 is 19.8 Å². The van der Waals surface area contributed by atoms with Crippen LogP contribution in [0.15, 0.2) is 10.2 Å². The fourth-order valence-electron chi connectivity index (χ4n) is 1.17. The quantitative estimate of drug-likeness (QED) is 0.522. The van der Waals surface area contributed by atoms with Gasteiger partial charge in [0.05, 0.1) is 12.1 Å². The lowest BCUT2D eigenvalue weighted by atomic mass is 9.97. The second-order valence-corrected chi connectivity index (χ2v) is 4.72. The Kier molecular flexibility index (Phi) is 6.30. The van der Waals surface area contributed by atoms with Gasteiger partial charge in [-0.2, -0.15) is 20.8 Å². The Bertz CT molecular complexity index is 447. The molecule has 0 amide bonds. The first-order chi connectivity index (χ1) is 9.16. The fraction of sp³-hybridized carbons (Fsp3) is 0.667. The molecular weight excluding hydrogens is 264 g/mol. The zero-order valence-corrected chi connectivity index (χ0v) is 11.3. The molecule has 0 aromatic heterocycles. The molecule has 8 heteroatoms. The second kappa shape index (κ2) is 7.19. The van der Waals surface area contributed by atoms with E-state index in [1.807, 2.05) is 0 Å². The van der Waals surface area contributed by atoms with Crippen molar-refractivity contribution in [2.75, 3.05) is 0 Å². The summed E-state index contributed by atoms with van der Waals surface area (Å²) in [6, 6.07) is 3.61. The molecule has 0 N–H and O–H groups in total. The highest BCUT2D eigenvalue weighted by Gasteiger charge is 2.28. The molecule has 0 radical (unpaired) electrons. The SMILES string of the molecule is C[C@](C#N)(CCC(=O)[O-])N=N[C@@](C)(C#N)CCC(=O)[O-]. The zero-order chi connectivity index (χ0) is 15.8. The Morgan fingerprint density at radius 2 is 1.25 bits per heavy atom. The van der Waals surface area contributed by atoms with Crippen LogP contribution in [0.4, 0.5) is 0 Å². The highest BCUT2D eigenvalue weighted by molar-refractivity contribution is 5.64. The Morgan fingerprint density at radius 3 is 1.45 bits per heavy atom. The molecule has 0 aromatic rings. The monoisotopic (exact) mass is 278 g/mol. The summed E-state index contributed by atoms with van der Waals surface area (Å²) < 4.78 is 0. The number of rotatable bonds is 8. The number of nitrogens with zero attached hydrogens (tertiary/aromatic N) is 4. The van der Waals surface area contributed by atoms with Crippen LogP contribution >= 0.6 is 0 Å². The molecule has 0 saturated carbocycles. The normalized spacial score (nSPS) is 16.6. The molecule has 0 aliphatic carbocycles. The summed E-state index contributed by atoms with van der Waals surface area (Å²) in [5, 5.41) is 46.1. The first kappa shape index (κ1) is 17.5. The van der Waals surface area contributed by atoms with Crippen molar-refractivity contribution in [3.8, 4) is 12.1 Å². The Balaban J connectivity index is 4.92. The summed E-state index contributed by atoms with van der Waals surface area (Å²) in [6.45, 7) is 2.74. The van der Waals surface area contributed by atoms with Gasteiger partial charge < -0.3 is 19.8 Å². The molecule has 0 saturated heterocycles.